The number of carbonyl (C=O) groups excluding carboxylic acids is 1. The predicted molar refractivity (Wildman–Crippen MR) is 72.5 cm³/mol. The average molecular weight is 280 g/mol. The largest absolute Gasteiger partial charge is 0.481 e. The molecule has 7 heteroatoms. The summed E-state index contributed by atoms with van der Waals surface area (Å²) in [6.45, 7) is 3.38. The maximum atomic E-state index is 11.8. The van der Waals surface area contributed by atoms with Gasteiger partial charge in [0.05, 0.1) is 10.6 Å². The molecular weight excluding hydrogens is 264 g/mol. The number of aryl methyl sites for hydroxylation is 1. The number of carbonyl (C=O) groups is 2. The Kier molecular flexibility index (Phi) is 5.19. The van der Waals surface area contributed by atoms with Crippen molar-refractivity contribution in [3.05, 3.63) is 33.9 Å². The van der Waals surface area contributed by atoms with Crippen molar-refractivity contribution < 1.29 is 19.6 Å². The first-order valence-corrected chi connectivity index (χ1v) is 6.06. The van der Waals surface area contributed by atoms with Crippen molar-refractivity contribution in [1.29, 1.82) is 0 Å². The van der Waals surface area contributed by atoms with Crippen molar-refractivity contribution in [2.75, 3.05) is 5.32 Å². The van der Waals surface area contributed by atoms with E-state index in [-0.39, 0.29) is 30.4 Å². The van der Waals surface area contributed by atoms with Gasteiger partial charge in [0, 0.05) is 25.0 Å². The minimum Gasteiger partial charge on any atom is -0.481 e. The van der Waals surface area contributed by atoms with Crippen LogP contribution in [0.15, 0.2) is 18.2 Å². The van der Waals surface area contributed by atoms with Crippen molar-refractivity contribution in [3.63, 3.8) is 0 Å². The molecule has 0 radical (unpaired) electrons. The summed E-state index contributed by atoms with van der Waals surface area (Å²) < 4.78 is 0. The molecule has 1 rings (SSSR count). The van der Waals surface area contributed by atoms with Crippen LogP contribution in [0.4, 0.5) is 11.4 Å². The number of carboxylic acid groups (broad SMARTS) is 1. The lowest BCUT2D eigenvalue weighted by Crippen LogP contribution is -2.17. The molecule has 0 saturated carbocycles. The van der Waals surface area contributed by atoms with Crippen LogP contribution in [-0.2, 0) is 9.59 Å². The van der Waals surface area contributed by atoms with Crippen molar-refractivity contribution in [2.45, 2.75) is 26.7 Å². The number of nitrogens with one attached hydrogen (secondary N) is 1. The van der Waals surface area contributed by atoms with Gasteiger partial charge in [-0.2, -0.15) is 0 Å². The summed E-state index contributed by atoms with van der Waals surface area (Å²) in [5.74, 6) is -1.62. The molecule has 0 bridgehead atoms. The molecule has 1 amide bonds. The highest BCUT2D eigenvalue weighted by Gasteiger charge is 2.15. The highest BCUT2D eigenvalue weighted by Crippen LogP contribution is 2.22. The normalized spacial score (nSPS) is 11.7. The maximum Gasteiger partial charge on any atom is 0.303 e. The SMILES string of the molecule is Cc1ccc([N+](=O)[O-])cc1NC(=O)CC(C)CC(=O)O. The van der Waals surface area contributed by atoms with E-state index in [1.54, 1.807) is 19.9 Å². The first-order valence-electron chi connectivity index (χ1n) is 6.06. The van der Waals surface area contributed by atoms with E-state index in [1.807, 2.05) is 0 Å². The highest BCUT2D eigenvalue weighted by molar-refractivity contribution is 5.92. The summed E-state index contributed by atoms with van der Waals surface area (Å²) in [5, 5.41) is 21.9. The molecule has 0 aliphatic carbocycles. The molecule has 1 aromatic rings. The molecule has 0 saturated heterocycles. The summed E-state index contributed by atoms with van der Waals surface area (Å²) in [6, 6.07) is 4.20. The lowest BCUT2D eigenvalue weighted by Gasteiger charge is -2.11. The van der Waals surface area contributed by atoms with Gasteiger partial charge in [0.15, 0.2) is 0 Å². The smallest absolute Gasteiger partial charge is 0.303 e. The van der Waals surface area contributed by atoms with Crippen molar-refractivity contribution in [1.82, 2.24) is 0 Å². The molecule has 0 heterocycles. The van der Waals surface area contributed by atoms with E-state index >= 15 is 0 Å². The van der Waals surface area contributed by atoms with Crippen LogP contribution in [0.2, 0.25) is 0 Å². The fourth-order valence-corrected chi connectivity index (χ4v) is 1.75. The van der Waals surface area contributed by atoms with Gasteiger partial charge in [-0.15, -0.1) is 0 Å². The number of hydrogen-bond donors (Lipinski definition) is 2. The minimum atomic E-state index is -0.961. The summed E-state index contributed by atoms with van der Waals surface area (Å²) in [5.41, 5.74) is 0.964. The molecule has 7 nitrogen and oxygen atoms in total. The van der Waals surface area contributed by atoms with Crippen LogP contribution in [0.1, 0.15) is 25.3 Å². The topological polar surface area (TPSA) is 110 Å². The molecule has 1 atom stereocenters. The maximum absolute atomic E-state index is 11.8. The molecular formula is C13H16N2O5. The van der Waals surface area contributed by atoms with Gasteiger partial charge in [-0.25, -0.2) is 0 Å². The van der Waals surface area contributed by atoms with E-state index in [0.717, 1.165) is 0 Å². The summed E-state index contributed by atoms with van der Waals surface area (Å²) >= 11 is 0. The number of benzene rings is 1. The Morgan fingerprint density at radius 3 is 2.60 bits per heavy atom. The molecule has 0 aromatic heterocycles. The average Bonchev–Trinajstić information content (AvgIpc) is 2.30. The van der Waals surface area contributed by atoms with Crippen LogP contribution in [0, 0.1) is 23.0 Å². The number of aliphatic carboxylic acids is 1. The number of nitrogens with zero attached hydrogens (tertiary/aromatic N) is 1. The molecule has 108 valence electrons. The Balaban J connectivity index is 2.72. The van der Waals surface area contributed by atoms with Crippen LogP contribution in [0.5, 0.6) is 0 Å². The first-order chi connectivity index (χ1) is 9.29. The van der Waals surface area contributed by atoms with Crippen molar-refractivity contribution >= 4 is 23.3 Å². The van der Waals surface area contributed by atoms with E-state index in [2.05, 4.69) is 5.32 Å². The van der Waals surface area contributed by atoms with Crippen LogP contribution in [0.3, 0.4) is 0 Å². The van der Waals surface area contributed by atoms with Crippen molar-refractivity contribution in [3.8, 4) is 0 Å². The fourth-order valence-electron chi connectivity index (χ4n) is 1.75. The van der Waals surface area contributed by atoms with Gasteiger partial charge in [0.1, 0.15) is 0 Å². The molecule has 2 N–H and O–H groups in total. The van der Waals surface area contributed by atoms with Gasteiger partial charge in [0.25, 0.3) is 5.69 Å². The quantitative estimate of drug-likeness (QED) is 0.614. The molecule has 0 aliphatic rings. The third kappa shape index (κ3) is 4.68. The second-order valence-corrected chi connectivity index (χ2v) is 4.71. The highest BCUT2D eigenvalue weighted by atomic mass is 16.6. The predicted octanol–water partition coefficient (Wildman–Crippen LogP) is 2.34. The van der Waals surface area contributed by atoms with Gasteiger partial charge in [0.2, 0.25) is 5.91 Å². The summed E-state index contributed by atoms with van der Waals surface area (Å²) in [7, 11) is 0. The molecule has 0 aliphatic heterocycles. The second kappa shape index (κ2) is 6.65. The molecule has 1 unspecified atom stereocenters. The number of carboxylic acids is 1. The number of anilines is 1. The van der Waals surface area contributed by atoms with E-state index in [4.69, 9.17) is 5.11 Å². The Bertz CT molecular complexity index is 542. The Morgan fingerprint density at radius 1 is 1.40 bits per heavy atom. The summed E-state index contributed by atoms with van der Waals surface area (Å²) in [4.78, 5) is 32.4. The number of amides is 1. The summed E-state index contributed by atoms with van der Waals surface area (Å²) in [6.07, 6.45) is -0.0459. The molecule has 20 heavy (non-hydrogen) atoms. The van der Waals surface area contributed by atoms with Crippen LogP contribution >= 0.6 is 0 Å². The zero-order chi connectivity index (χ0) is 15.3. The lowest BCUT2D eigenvalue weighted by molar-refractivity contribution is -0.384. The number of non-ortho nitro benzene ring substituents is 1. The zero-order valence-corrected chi connectivity index (χ0v) is 11.3. The van der Waals surface area contributed by atoms with Crippen LogP contribution < -0.4 is 5.32 Å². The third-order valence-electron chi connectivity index (χ3n) is 2.76. The second-order valence-electron chi connectivity index (χ2n) is 4.71. The Morgan fingerprint density at radius 2 is 2.05 bits per heavy atom. The standard InChI is InChI=1S/C13H16N2O5/c1-8(6-13(17)18)5-12(16)14-11-7-10(15(19)20)4-3-9(11)2/h3-4,7-8H,5-6H2,1-2H3,(H,14,16)(H,17,18). The van der Waals surface area contributed by atoms with Gasteiger partial charge in [-0.1, -0.05) is 13.0 Å². The molecule has 0 fully saturated rings. The van der Waals surface area contributed by atoms with Gasteiger partial charge in [-0.3, -0.25) is 19.7 Å². The number of hydrogen-bond acceptors (Lipinski definition) is 4. The van der Waals surface area contributed by atoms with Gasteiger partial charge >= 0.3 is 5.97 Å². The Labute approximate surface area is 115 Å². The van der Waals surface area contributed by atoms with Crippen LogP contribution in [0.25, 0.3) is 0 Å². The Hall–Kier alpha value is -2.44. The van der Waals surface area contributed by atoms with E-state index in [0.29, 0.717) is 11.3 Å². The van der Waals surface area contributed by atoms with Gasteiger partial charge in [-0.05, 0) is 18.4 Å². The fraction of sp³-hybridized carbons (Fsp3) is 0.385. The lowest BCUT2D eigenvalue weighted by atomic mass is 10.0. The first kappa shape index (κ1) is 15.6. The van der Waals surface area contributed by atoms with E-state index in [1.165, 1.54) is 12.1 Å². The number of nitro groups is 1. The van der Waals surface area contributed by atoms with Crippen molar-refractivity contribution in [2.24, 2.45) is 5.92 Å². The minimum absolute atomic E-state index is 0.0500. The monoisotopic (exact) mass is 280 g/mol. The zero-order valence-electron chi connectivity index (χ0n) is 11.3. The molecule has 1 aromatic carbocycles. The third-order valence-corrected chi connectivity index (χ3v) is 2.76. The molecule has 0 spiro atoms. The van der Waals surface area contributed by atoms with E-state index < -0.39 is 10.9 Å². The van der Waals surface area contributed by atoms with Crippen LogP contribution in [-0.4, -0.2) is 21.9 Å². The van der Waals surface area contributed by atoms with Gasteiger partial charge < -0.3 is 10.4 Å². The number of rotatable bonds is 6. The number of nitro benzene ring substituents is 1. The van der Waals surface area contributed by atoms with E-state index in [9.17, 15) is 19.7 Å².